The summed E-state index contributed by atoms with van der Waals surface area (Å²) in [5.74, 6) is 1.36. The molecule has 0 radical (unpaired) electrons. The van der Waals surface area contributed by atoms with Crippen LogP contribution in [0.5, 0.6) is 0 Å². The van der Waals surface area contributed by atoms with Crippen LogP contribution in [0.4, 0.5) is 0 Å². The van der Waals surface area contributed by atoms with Crippen LogP contribution in [0.15, 0.2) is 24.8 Å². The molecule has 0 nitrogen and oxygen atoms in total. The molecule has 0 bridgehead atoms. The lowest BCUT2D eigenvalue weighted by Crippen LogP contribution is -2.02. The summed E-state index contributed by atoms with van der Waals surface area (Å²) in [7, 11) is 0. The van der Waals surface area contributed by atoms with E-state index in [1.165, 1.54) is 38.5 Å². The highest BCUT2D eigenvalue weighted by Crippen LogP contribution is 2.16. The van der Waals surface area contributed by atoms with Crippen LogP contribution in [-0.4, -0.2) is 0 Å². The third-order valence-electron chi connectivity index (χ3n) is 3.17. The van der Waals surface area contributed by atoms with Crippen molar-refractivity contribution < 1.29 is 0 Å². The van der Waals surface area contributed by atoms with E-state index in [0.717, 1.165) is 5.92 Å². The molecule has 0 aliphatic rings. The molecule has 0 spiro atoms. The van der Waals surface area contributed by atoms with Crippen molar-refractivity contribution in [3.8, 4) is 0 Å². The highest BCUT2D eigenvalue weighted by molar-refractivity contribution is 4.87. The topological polar surface area (TPSA) is 0 Å². The molecule has 0 heteroatoms. The molecule has 88 valence electrons. The number of hydrogen-bond donors (Lipinski definition) is 0. The summed E-state index contributed by atoms with van der Waals surface area (Å²) in [5.41, 5.74) is 0. The molecule has 0 aromatic carbocycles. The molecule has 0 rings (SSSR count). The van der Waals surface area contributed by atoms with Gasteiger partial charge >= 0.3 is 0 Å². The highest BCUT2D eigenvalue weighted by Gasteiger charge is 2.05. The van der Waals surface area contributed by atoms with Crippen molar-refractivity contribution in [3.05, 3.63) is 24.8 Å². The molecule has 0 aromatic rings. The molecule has 0 heterocycles. The normalized spacial score (nSPS) is 15.4. The smallest absolute Gasteiger partial charge is 0.0236 e. The molecular weight excluding hydrogens is 180 g/mol. The third kappa shape index (κ3) is 8.47. The van der Waals surface area contributed by atoms with E-state index in [9.17, 15) is 0 Å². The summed E-state index contributed by atoms with van der Waals surface area (Å²) >= 11 is 0. The van der Waals surface area contributed by atoms with Gasteiger partial charge in [0.15, 0.2) is 0 Å². The largest absolute Gasteiger partial charge is 0.103 e. The van der Waals surface area contributed by atoms with E-state index in [1.807, 2.05) is 0 Å². The summed E-state index contributed by atoms with van der Waals surface area (Å²) in [6.45, 7) is 10.6. The zero-order chi connectivity index (χ0) is 11.5. The molecule has 0 amide bonds. The molecule has 0 aromatic heterocycles. The van der Waals surface area contributed by atoms with E-state index in [0.29, 0.717) is 5.92 Å². The lowest BCUT2D eigenvalue weighted by molar-refractivity contribution is 0.466. The third-order valence-corrected chi connectivity index (χ3v) is 3.17. The Morgan fingerprint density at radius 1 is 1.07 bits per heavy atom. The van der Waals surface area contributed by atoms with E-state index in [-0.39, 0.29) is 0 Å². The number of rotatable bonds is 9. The average Bonchev–Trinajstić information content (AvgIpc) is 2.26. The van der Waals surface area contributed by atoms with E-state index < -0.39 is 0 Å². The first-order valence-electron chi connectivity index (χ1n) is 6.49. The maximum atomic E-state index is 3.84. The summed E-state index contributed by atoms with van der Waals surface area (Å²) in [6.07, 6.45) is 14.7. The molecule has 2 unspecified atom stereocenters. The Morgan fingerprint density at radius 3 is 2.40 bits per heavy atom. The van der Waals surface area contributed by atoms with Crippen molar-refractivity contribution in [2.45, 2.75) is 59.3 Å². The van der Waals surface area contributed by atoms with Crippen molar-refractivity contribution in [2.75, 3.05) is 0 Å². The number of hydrogen-bond acceptors (Lipinski definition) is 0. The summed E-state index contributed by atoms with van der Waals surface area (Å²) in [5, 5.41) is 0. The first-order chi connectivity index (χ1) is 7.22. The number of unbranched alkanes of at least 4 members (excludes halogenated alkanes) is 4. The molecule has 2 atom stereocenters. The minimum Gasteiger partial charge on any atom is -0.103 e. The van der Waals surface area contributed by atoms with Gasteiger partial charge in [-0.3, -0.25) is 0 Å². The van der Waals surface area contributed by atoms with Crippen LogP contribution in [0.25, 0.3) is 0 Å². The summed E-state index contributed by atoms with van der Waals surface area (Å²) < 4.78 is 0. The second kappa shape index (κ2) is 10.0. The standard InChI is InChI=1S/C15H28/c1-5-7-8-9-10-11-12-13-15(4)14(3)6-2/h6,11-12,14-15H,2,5,7-10,13H2,1,3-4H3/b12-11+. The van der Waals surface area contributed by atoms with Crippen molar-refractivity contribution in [2.24, 2.45) is 11.8 Å². The lowest BCUT2D eigenvalue weighted by atomic mass is 9.93. The molecule has 0 saturated carbocycles. The van der Waals surface area contributed by atoms with Gasteiger partial charge < -0.3 is 0 Å². The van der Waals surface area contributed by atoms with Crippen molar-refractivity contribution in [3.63, 3.8) is 0 Å². The fourth-order valence-electron chi connectivity index (χ4n) is 1.56. The molecule has 0 fully saturated rings. The zero-order valence-electron chi connectivity index (χ0n) is 10.8. The Hall–Kier alpha value is -0.520. The SMILES string of the molecule is C=CC(C)C(C)C/C=C/CCCCCC. The fourth-order valence-corrected chi connectivity index (χ4v) is 1.56. The molecular formula is C15H28. The molecule has 0 saturated heterocycles. The minimum absolute atomic E-state index is 0.634. The lowest BCUT2D eigenvalue weighted by Gasteiger charge is -2.13. The van der Waals surface area contributed by atoms with Crippen molar-refractivity contribution in [1.29, 1.82) is 0 Å². The second-order valence-corrected chi connectivity index (χ2v) is 4.63. The van der Waals surface area contributed by atoms with Crippen LogP contribution in [0.3, 0.4) is 0 Å². The highest BCUT2D eigenvalue weighted by atomic mass is 14.1. The Kier molecular flexibility index (Phi) is 9.67. The van der Waals surface area contributed by atoms with E-state index in [1.54, 1.807) is 0 Å². The molecule has 0 aliphatic heterocycles. The van der Waals surface area contributed by atoms with Crippen LogP contribution in [0.1, 0.15) is 59.3 Å². The Balaban J connectivity index is 3.41. The Morgan fingerprint density at radius 2 is 1.80 bits per heavy atom. The van der Waals surface area contributed by atoms with Crippen LogP contribution in [0, 0.1) is 11.8 Å². The first kappa shape index (κ1) is 14.5. The summed E-state index contributed by atoms with van der Waals surface area (Å²) in [4.78, 5) is 0. The van der Waals surface area contributed by atoms with Crippen LogP contribution in [-0.2, 0) is 0 Å². The second-order valence-electron chi connectivity index (χ2n) is 4.63. The van der Waals surface area contributed by atoms with Crippen LogP contribution in [0.2, 0.25) is 0 Å². The molecule has 0 N–H and O–H groups in total. The van der Waals surface area contributed by atoms with Gasteiger partial charge in [-0.1, -0.05) is 58.3 Å². The van der Waals surface area contributed by atoms with Gasteiger partial charge in [-0.15, -0.1) is 6.58 Å². The Labute approximate surface area is 96.5 Å². The van der Waals surface area contributed by atoms with Crippen molar-refractivity contribution in [1.82, 2.24) is 0 Å². The van der Waals surface area contributed by atoms with Gasteiger partial charge in [-0.05, 0) is 31.1 Å². The maximum absolute atomic E-state index is 3.84. The monoisotopic (exact) mass is 208 g/mol. The zero-order valence-corrected chi connectivity index (χ0v) is 10.8. The average molecular weight is 208 g/mol. The maximum Gasteiger partial charge on any atom is -0.0236 e. The van der Waals surface area contributed by atoms with Crippen molar-refractivity contribution >= 4 is 0 Å². The van der Waals surface area contributed by atoms with E-state index in [2.05, 4.69) is 45.6 Å². The predicted molar refractivity (Wildman–Crippen MR) is 71.0 cm³/mol. The van der Waals surface area contributed by atoms with E-state index >= 15 is 0 Å². The first-order valence-corrected chi connectivity index (χ1v) is 6.49. The van der Waals surface area contributed by atoms with Gasteiger partial charge in [0.1, 0.15) is 0 Å². The summed E-state index contributed by atoms with van der Waals surface area (Å²) in [6, 6.07) is 0. The Bertz CT molecular complexity index is 167. The molecule has 15 heavy (non-hydrogen) atoms. The van der Waals surface area contributed by atoms with Gasteiger partial charge in [0.25, 0.3) is 0 Å². The minimum atomic E-state index is 0.634. The van der Waals surface area contributed by atoms with Crippen LogP contribution >= 0.6 is 0 Å². The fraction of sp³-hybridized carbons (Fsp3) is 0.733. The van der Waals surface area contributed by atoms with E-state index in [4.69, 9.17) is 0 Å². The quantitative estimate of drug-likeness (QED) is 0.353. The van der Waals surface area contributed by atoms with Gasteiger partial charge in [0, 0.05) is 0 Å². The van der Waals surface area contributed by atoms with Crippen LogP contribution < -0.4 is 0 Å². The van der Waals surface area contributed by atoms with Gasteiger partial charge in [-0.25, -0.2) is 0 Å². The van der Waals surface area contributed by atoms with Gasteiger partial charge in [0.05, 0.1) is 0 Å². The van der Waals surface area contributed by atoms with Gasteiger partial charge in [0.2, 0.25) is 0 Å². The predicted octanol–water partition coefficient (Wildman–Crippen LogP) is 5.36. The molecule has 0 aliphatic carbocycles. The van der Waals surface area contributed by atoms with Gasteiger partial charge in [-0.2, -0.15) is 0 Å². The number of allylic oxidation sites excluding steroid dienone is 3.